The number of benzene rings is 2. The van der Waals surface area contributed by atoms with Crippen molar-refractivity contribution in [3.8, 4) is 0 Å². The van der Waals surface area contributed by atoms with Crippen molar-refractivity contribution in [2.45, 2.75) is 32.7 Å². The van der Waals surface area contributed by atoms with E-state index >= 15 is 0 Å². The summed E-state index contributed by atoms with van der Waals surface area (Å²) in [5.41, 5.74) is 4.95. The molecule has 1 unspecified atom stereocenters. The average Bonchev–Trinajstić information content (AvgIpc) is 3.36. The van der Waals surface area contributed by atoms with Gasteiger partial charge in [0, 0.05) is 37.7 Å². The maximum absolute atomic E-state index is 13.1. The van der Waals surface area contributed by atoms with Crippen molar-refractivity contribution in [2.24, 2.45) is 0 Å². The lowest BCUT2D eigenvalue weighted by Gasteiger charge is -2.22. The second kappa shape index (κ2) is 9.45. The molecular formula is C27H30N4O2. The Hall–Kier alpha value is -3.67. The van der Waals surface area contributed by atoms with Crippen LogP contribution in [-0.2, 0) is 16.1 Å². The molecule has 1 atom stereocenters. The number of hydrogen-bond acceptors (Lipinski definition) is 3. The monoisotopic (exact) mass is 442 g/mol. The summed E-state index contributed by atoms with van der Waals surface area (Å²) in [6.07, 6.45) is 3.80. The van der Waals surface area contributed by atoms with E-state index in [1.54, 1.807) is 17.1 Å². The van der Waals surface area contributed by atoms with Gasteiger partial charge in [0.2, 0.25) is 11.8 Å². The minimum absolute atomic E-state index is 0.0325. The number of carbonyl (C=O) groups is 2. The Morgan fingerprint density at radius 3 is 2.58 bits per heavy atom. The summed E-state index contributed by atoms with van der Waals surface area (Å²) in [5, 5.41) is 0. The number of rotatable bonds is 8. The van der Waals surface area contributed by atoms with Gasteiger partial charge in [-0.3, -0.25) is 9.59 Å². The zero-order chi connectivity index (χ0) is 23.5. The molecule has 2 heterocycles. The van der Waals surface area contributed by atoms with Crippen molar-refractivity contribution in [3.05, 3.63) is 84.7 Å². The molecule has 170 valence electrons. The topological polar surface area (TPSA) is 58.4 Å². The summed E-state index contributed by atoms with van der Waals surface area (Å²) in [6, 6.07) is 13.9. The summed E-state index contributed by atoms with van der Waals surface area (Å²) in [6.45, 7) is 13.2. The van der Waals surface area contributed by atoms with Gasteiger partial charge in [-0.05, 0) is 43.2 Å². The molecule has 0 bridgehead atoms. The van der Waals surface area contributed by atoms with Gasteiger partial charge in [-0.1, -0.05) is 36.4 Å². The molecule has 33 heavy (non-hydrogen) atoms. The fraction of sp³-hybridized carbons (Fsp3) is 0.296. The molecule has 0 spiro atoms. The van der Waals surface area contributed by atoms with Crippen molar-refractivity contribution in [1.82, 2.24) is 14.5 Å². The molecule has 1 aliphatic rings. The molecule has 1 saturated heterocycles. The predicted octanol–water partition coefficient (Wildman–Crippen LogP) is 4.37. The summed E-state index contributed by atoms with van der Waals surface area (Å²) in [7, 11) is 0. The van der Waals surface area contributed by atoms with E-state index < -0.39 is 0 Å². The van der Waals surface area contributed by atoms with Crippen LogP contribution >= 0.6 is 0 Å². The molecule has 4 rings (SSSR count). The molecule has 1 fully saturated rings. The smallest absolute Gasteiger partial charge is 0.243 e. The van der Waals surface area contributed by atoms with E-state index in [-0.39, 0.29) is 24.3 Å². The highest BCUT2D eigenvalue weighted by atomic mass is 16.2. The van der Waals surface area contributed by atoms with Crippen LogP contribution < -0.4 is 4.90 Å². The van der Waals surface area contributed by atoms with E-state index in [1.165, 1.54) is 0 Å². The third-order valence-electron chi connectivity index (χ3n) is 6.39. The second-order valence-corrected chi connectivity index (χ2v) is 8.55. The van der Waals surface area contributed by atoms with Crippen LogP contribution in [0, 0.1) is 13.8 Å². The van der Waals surface area contributed by atoms with E-state index in [2.05, 4.69) is 26.1 Å². The van der Waals surface area contributed by atoms with Gasteiger partial charge < -0.3 is 14.4 Å². The van der Waals surface area contributed by atoms with Crippen molar-refractivity contribution < 1.29 is 9.59 Å². The molecular weight excluding hydrogens is 412 g/mol. The number of imidazole rings is 1. The minimum Gasteiger partial charge on any atom is -0.334 e. The number of carbonyl (C=O) groups excluding carboxylic acids is 2. The van der Waals surface area contributed by atoms with Crippen molar-refractivity contribution in [1.29, 1.82) is 0 Å². The van der Waals surface area contributed by atoms with Gasteiger partial charge in [0.25, 0.3) is 0 Å². The number of aryl methyl sites for hydroxylation is 1. The molecule has 0 radical (unpaired) electrons. The number of nitrogens with zero attached hydrogens (tertiary/aromatic N) is 4. The average molecular weight is 443 g/mol. The minimum atomic E-state index is -0.0927. The molecule has 2 amide bonds. The van der Waals surface area contributed by atoms with E-state index in [0.29, 0.717) is 26.1 Å². The molecule has 0 aliphatic carbocycles. The molecule has 2 aromatic carbocycles. The van der Waals surface area contributed by atoms with Crippen LogP contribution in [0.25, 0.3) is 11.0 Å². The number of aromatic nitrogens is 2. The lowest BCUT2D eigenvalue weighted by atomic mass is 10.1. The fourth-order valence-corrected chi connectivity index (χ4v) is 4.54. The number of para-hydroxylation sites is 2. The van der Waals surface area contributed by atoms with Gasteiger partial charge in [0.15, 0.2) is 0 Å². The normalized spacial score (nSPS) is 15.8. The van der Waals surface area contributed by atoms with Gasteiger partial charge in [-0.2, -0.15) is 0 Å². The summed E-state index contributed by atoms with van der Waals surface area (Å²) < 4.78 is 1.97. The molecule has 0 saturated carbocycles. The third-order valence-corrected chi connectivity index (χ3v) is 6.39. The first-order valence-corrected chi connectivity index (χ1v) is 11.3. The summed E-state index contributed by atoms with van der Waals surface area (Å²) in [4.78, 5) is 34.6. The quantitative estimate of drug-likeness (QED) is 0.487. The molecule has 3 aromatic rings. The first kappa shape index (κ1) is 22.5. The van der Waals surface area contributed by atoms with Crippen molar-refractivity contribution >= 4 is 28.5 Å². The Balaban J connectivity index is 1.69. The van der Waals surface area contributed by atoms with Crippen LogP contribution in [0.4, 0.5) is 5.69 Å². The van der Waals surface area contributed by atoms with Gasteiger partial charge in [-0.25, -0.2) is 4.98 Å². The highest BCUT2D eigenvalue weighted by molar-refractivity contribution is 5.97. The second-order valence-electron chi connectivity index (χ2n) is 8.55. The van der Waals surface area contributed by atoms with Crippen LogP contribution in [0.5, 0.6) is 0 Å². The predicted molar refractivity (Wildman–Crippen MR) is 132 cm³/mol. The zero-order valence-corrected chi connectivity index (χ0v) is 19.3. The van der Waals surface area contributed by atoms with Crippen LogP contribution in [0.3, 0.4) is 0 Å². The molecule has 1 aromatic heterocycles. The first-order chi connectivity index (χ1) is 15.9. The molecule has 6 heteroatoms. The maximum Gasteiger partial charge on any atom is 0.243 e. The number of amides is 2. The summed E-state index contributed by atoms with van der Waals surface area (Å²) in [5.74, 6) is 0.737. The van der Waals surface area contributed by atoms with E-state index in [9.17, 15) is 9.59 Å². The Bertz CT molecular complexity index is 1220. The fourth-order valence-electron chi connectivity index (χ4n) is 4.54. The molecule has 1 aliphatic heterocycles. The highest BCUT2D eigenvalue weighted by Gasteiger charge is 2.36. The first-order valence-electron chi connectivity index (χ1n) is 11.3. The van der Waals surface area contributed by atoms with Crippen LogP contribution in [0.1, 0.15) is 29.3 Å². The number of anilines is 1. The van der Waals surface area contributed by atoms with Gasteiger partial charge >= 0.3 is 0 Å². The van der Waals surface area contributed by atoms with E-state index in [0.717, 1.165) is 33.7 Å². The summed E-state index contributed by atoms with van der Waals surface area (Å²) >= 11 is 0. The zero-order valence-electron chi connectivity index (χ0n) is 19.3. The largest absolute Gasteiger partial charge is 0.334 e. The third kappa shape index (κ3) is 4.33. The Morgan fingerprint density at radius 2 is 1.85 bits per heavy atom. The van der Waals surface area contributed by atoms with Crippen LogP contribution in [-0.4, -0.2) is 45.9 Å². The van der Waals surface area contributed by atoms with E-state index in [4.69, 9.17) is 4.98 Å². The Morgan fingerprint density at radius 1 is 1.12 bits per heavy atom. The van der Waals surface area contributed by atoms with Gasteiger partial charge in [-0.15, -0.1) is 13.2 Å². The lowest BCUT2D eigenvalue weighted by Crippen LogP contribution is -2.34. The van der Waals surface area contributed by atoms with Crippen molar-refractivity contribution in [2.75, 3.05) is 24.5 Å². The van der Waals surface area contributed by atoms with Gasteiger partial charge in [0.05, 0.1) is 11.0 Å². The lowest BCUT2D eigenvalue weighted by molar-refractivity contribution is -0.130. The number of fused-ring (bicyclic) bond motifs is 1. The Labute approximate surface area is 194 Å². The number of hydrogen-bond donors (Lipinski definition) is 0. The van der Waals surface area contributed by atoms with Crippen molar-refractivity contribution in [3.63, 3.8) is 0 Å². The van der Waals surface area contributed by atoms with Crippen LogP contribution in [0.15, 0.2) is 67.8 Å². The molecule has 0 N–H and O–H groups in total. The SMILES string of the molecule is C=CCN(CC=C)C(=O)Cn1c(C2CC(=O)N(c3cccc(C)c3C)C2)nc2ccccc21. The maximum atomic E-state index is 13.1. The standard InChI is InChI=1S/C27H30N4O2/c1-5-14-29(15-6-2)26(33)18-31-24-12-8-7-11-22(24)28-27(31)21-16-25(32)30(17-21)23-13-9-10-19(3)20(23)4/h5-13,21H,1-2,14-18H2,3-4H3. The van der Waals surface area contributed by atoms with Crippen LogP contribution in [0.2, 0.25) is 0 Å². The van der Waals surface area contributed by atoms with E-state index in [1.807, 2.05) is 52.8 Å². The van der Waals surface area contributed by atoms with Gasteiger partial charge in [0.1, 0.15) is 12.4 Å². The Kier molecular flexibility index (Phi) is 6.45. The molecule has 6 nitrogen and oxygen atoms in total. The highest BCUT2D eigenvalue weighted by Crippen LogP contribution is 2.35.